The zero-order chi connectivity index (χ0) is 18.6. The summed E-state index contributed by atoms with van der Waals surface area (Å²) in [6.45, 7) is 8.00. The summed E-state index contributed by atoms with van der Waals surface area (Å²) in [7, 11) is 1.98. The van der Waals surface area contributed by atoms with Crippen molar-refractivity contribution in [2.75, 3.05) is 0 Å². The van der Waals surface area contributed by atoms with Gasteiger partial charge in [-0.15, -0.1) is 21.5 Å². The maximum Gasteiger partial charge on any atom is 0.192 e. The standard InChI is InChI=1S/C19H30N6S/c1-14-23-24-17(25(14)4)13-21-18(20-12-16-6-5-11-26-16)22-15-7-9-19(2,3)10-8-15/h5-6,11,15H,7-10,12-13H2,1-4H3,(H2,20,21,22). The summed E-state index contributed by atoms with van der Waals surface area (Å²) < 4.78 is 1.99. The first-order valence-electron chi connectivity index (χ1n) is 9.35. The van der Waals surface area contributed by atoms with Gasteiger partial charge in [0, 0.05) is 18.0 Å². The van der Waals surface area contributed by atoms with E-state index in [1.165, 1.54) is 30.6 Å². The average molecular weight is 375 g/mol. The van der Waals surface area contributed by atoms with Crippen LogP contribution in [0.25, 0.3) is 0 Å². The van der Waals surface area contributed by atoms with Crippen LogP contribution in [0.15, 0.2) is 22.5 Å². The summed E-state index contributed by atoms with van der Waals surface area (Å²) in [4.78, 5) is 6.08. The Balaban J connectivity index is 1.64. The van der Waals surface area contributed by atoms with Gasteiger partial charge in [-0.2, -0.15) is 0 Å². The summed E-state index contributed by atoms with van der Waals surface area (Å²) in [6.07, 6.45) is 4.89. The fourth-order valence-electron chi connectivity index (χ4n) is 3.21. The van der Waals surface area contributed by atoms with E-state index in [0.29, 0.717) is 18.0 Å². The fourth-order valence-corrected chi connectivity index (χ4v) is 3.86. The molecule has 0 amide bonds. The molecule has 0 bridgehead atoms. The van der Waals surface area contributed by atoms with Crippen LogP contribution in [0.3, 0.4) is 0 Å². The highest BCUT2D eigenvalue weighted by molar-refractivity contribution is 7.09. The lowest BCUT2D eigenvalue weighted by Crippen LogP contribution is -2.45. The van der Waals surface area contributed by atoms with Crippen LogP contribution < -0.4 is 10.6 Å². The minimum atomic E-state index is 0.468. The van der Waals surface area contributed by atoms with Gasteiger partial charge in [-0.25, -0.2) is 4.99 Å². The van der Waals surface area contributed by atoms with Gasteiger partial charge < -0.3 is 15.2 Å². The second-order valence-electron chi connectivity index (χ2n) is 7.90. The smallest absolute Gasteiger partial charge is 0.192 e. The van der Waals surface area contributed by atoms with E-state index in [-0.39, 0.29) is 0 Å². The third-order valence-electron chi connectivity index (χ3n) is 5.25. The Labute approximate surface area is 160 Å². The molecule has 1 fully saturated rings. The Kier molecular flexibility index (Phi) is 5.96. The summed E-state index contributed by atoms with van der Waals surface area (Å²) in [5.41, 5.74) is 0.468. The molecular weight excluding hydrogens is 344 g/mol. The van der Waals surface area contributed by atoms with Crippen LogP contribution in [0, 0.1) is 12.3 Å². The van der Waals surface area contributed by atoms with Crippen LogP contribution in [-0.4, -0.2) is 26.8 Å². The van der Waals surface area contributed by atoms with Crippen molar-refractivity contribution in [2.24, 2.45) is 17.5 Å². The van der Waals surface area contributed by atoms with Crippen molar-refractivity contribution in [3.05, 3.63) is 34.0 Å². The molecule has 2 aromatic rings. The average Bonchev–Trinajstić information content (AvgIpc) is 3.23. The normalized spacial score (nSPS) is 18.1. The van der Waals surface area contributed by atoms with Gasteiger partial charge in [0.15, 0.2) is 11.8 Å². The van der Waals surface area contributed by atoms with E-state index in [4.69, 9.17) is 4.99 Å². The second-order valence-corrected chi connectivity index (χ2v) is 8.94. The van der Waals surface area contributed by atoms with Gasteiger partial charge in [0.05, 0.1) is 6.54 Å². The molecule has 0 spiro atoms. The van der Waals surface area contributed by atoms with Crippen LogP contribution in [0.2, 0.25) is 0 Å². The van der Waals surface area contributed by atoms with Gasteiger partial charge in [0.1, 0.15) is 12.4 Å². The number of aromatic nitrogens is 3. The SMILES string of the molecule is Cc1nnc(CN=C(NCc2cccs2)NC2CCC(C)(C)CC2)n1C. The number of hydrogen-bond acceptors (Lipinski definition) is 4. The number of aliphatic imine (C=N–C) groups is 1. The molecule has 2 heterocycles. The molecule has 0 aliphatic heterocycles. The Morgan fingerprint density at radius 2 is 2.12 bits per heavy atom. The summed E-state index contributed by atoms with van der Waals surface area (Å²) in [5, 5.41) is 17.6. The van der Waals surface area contributed by atoms with Gasteiger partial charge in [0.2, 0.25) is 0 Å². The monoisotopic (exact) mass is 374 g/mol. The van der Waals surface area contributed by atoms with Crippen molar-refractivity contribution >= 4 is 17.3 Å². The van der Waals surface area contributed by atoms with Crippen LogP contribution >= 0.6 is 11.3 Å². The highest BCUT2D eigenvalue weighted by Crippen LogP contribution is 2.34. The first-order valence-corrected chi connectivity index (χ1v) is 10.2. The molecule has 2 N–H and O–H groups in total. The van der Waals surface area contributed by atoms with Gasteiger partial charge in [-0.3, -0.25) is 0 Å². The number of thiophene rings is 1. The Morgan fingerprint density at radius 1 is 1.35 bits per heavy atom. The predicted molar refractivity (Wildman–Crippen MR) is 107 cm³/mol. The largest absolute Gasteiger partial charge is 0.354 e. The molecule has 0 aromatic carbocycles. The lowest BCUT2D eigenvalue weighted by molar-refractivity contribution is 0.216. The van der Waals surface area contributed by atoms with Crippen molar-refractivity contribution in [2.45, 2.75) is 65.6 Å². The zero-order valence-corrected chi connectivity index (χ0v) is 17.1. The minimum absolute atomic E-state index is 0.468. The molecule has 26 heavy (non-hydrogen) atoms. The van der Waals surface area contributed by atoms with Crippen LogP contribution in [0.1, 0.15) is 56.1 Å². The number of nitrogens with zero attached hydrogens (tertiary/aromatic N) is 4. The van der Waals surface area contributed by atoms with Crippen molar-refractivity contribution in [3.63, 3.8) is 0 Å². The molecule has 2 aromatic heterocycles. The molecule has 0 unspecified atom stereocenters. The molecular formula is C19H30N6S. The lowest BCUT2D eigenvalue weighted by Gasteiger charge is -2.35. The first-order chi connectivity index (χ1) is 12.4. The van der Waals surface area contributed by atoms with Crippen molar-refractivity contribution in [1.29, 1.82) is 0 Å². The number of guanidine groups is 1. The molecule has 0 radical (unpaired) electrons. The third-order valence-corrected chi connectivity index (χ3v) is 6.13. The van der Waals surface area contributed by atoms with Gasteiger partial charge in [-0.1, -0.05) is 19.9 Å². The Hall–Kier alpha value is -1.89. The van der Waals surface area contributed by atoms with E-state index in [9.17, 15) is 0 Å². The second kappa shape index (κ2) is 8.20. The number of rotatable bonds is 5. The molecule has 1 saturated carbocycles. The maximum atomic E-state index is 4.77. The molecule has 1 aliphatic carbocycles. The van der Waals surface area contributed by atoms with E-state index in [1.54, 1.807) is 11.3 Å². The number of nitrogens with one attached hydrogen (secondary N) is 2. The molecule has 6 nitrogen and oxygen atoms in total. The van der Waals surface area contributed by atoms with Crippen LogP contribution in [0.4, 0.5) is 0 Å². The fraction of sp³-hybridized carbons (Fsp3) is 0.632. The van der Waals surface area contributed by atoms with E-state index >= 15 is 0 Å². The highest BCUT2D eigenvalue weighted by atomic mass is 32.1. The quantitative estimate of drug-likeness (QED) is 0.622. The number of hydrogen-bond donors (Lipinski definition) is 2. The van der Waals surface area contributed by atoms with Crippen molar-refractivity contribution in [3.8, 4) is 0 Å². The minimum Gasteiger partial charge on any atom is -0.354 e. The Bertz CT molecular complexity index is 721. The summed E-state index contributed by atoms with van der Waals surface area (Å²) in [6, 6.07) is 4.71. The van der Waals surface area contributed by atoms with Crippen molar-refractivity contribution < 1.29 is 0 Å². The zero-order valence-electron chi connectivity index (χ0n) is 16.2. The summed E-state index contributed by atoms with van der Waals surface area (Å²) in [5.74, 6) is 2.65. The maximum absolute atomic E-state index is 4.77. The van der Waals surface area contributed by atoms with Crippen LogP contribution in [0.5, 0.6) is 0 Å². The van der Waals surface area contributed by atoms with E-state index in [1.807, 2.05) is 18.5 Å². The molecule has 1 aliphatic rings. The molecule has 0 atom stereocenters. The number of aryl methyl sites for hydroxylation is 1. The topological polar surface area (TPSA) is 67.1 Å². The lowest BCUT2D eigenvalue weighted by atomic mass is 9.75. The van der Waals surface area contributed by atoms with Gasteiger partial charge in [0.25, 0.3) is 0 Å². The van der Waals surface area contributed by atoms with E-state index in [2.05, 4.69) is 52.2 Å². The van der Waals surface area contributed by atoms with E-state index in [0.717, 1.165) is 24.2 Å². The van der Waals surface area contributed by atoms with E-state index < -0.39 is 0 Å². The Morgan fingerprint density at radius 3 is 2.73 bits per heavy atom. The van der Waals surface area contributed by atoms with Gasteiger partial charge in [-0.05, 0) is 49.5 Å². The van der Waals surface area contributed by atoms with Gasteiger partial charge >= 0.3 is 0 Å². The summed E-state index contributed by atoms with van der Waals surface area (Å²) >= 11 is 1.76. The van der Waals surface area contributed by atoms with Crippen LogP contribution in [-0.2, 0) is 20.1 Å². The molecule has 142 valence electrons. The highest BCUT2D eigenvalue weighted by Gasteiger charge is 2.27. The third kappa shape index (κ3) is 5.06. The molecule has 3 rings (SSSR count). The predicted octanol–water partition coefficient (Wildman–Crippen LogP) is 3.39. The van der Waals surface area contributed by atoms with Crippen molar-refractivity contribution in [1.82, 2.24) is 25.4 Å². The molecule has 0 saturated heterocycles. The first kappa shape index (κ1) is 18.9. The molecule has 7 heteroatoms.